The number of benzene rings is 2. The molecule has 0 saturated heterocycles. The fourth-order valence-electron chi connectivity index (χ4n) is 2.43. The van der Waals surface area contributed by atoms with Gasteiger partial charge in [-0.1, -0.05) is 0 Å². The first-order valence-electron chi connectivity index (χ1n) is 7.48. The van der Waals surface area contributed by atoms with Crippen LogP contribution in [0.3, 0.4) is 0 Å². The lowest BCUT2D eigenvalue weighted by atomic mass is 10.1. The van der Waals surface area contributed by atoms with Gasteiger partial charge in [0.1, 0.15) is 19.0 Å². The van der Waals surface area contributed by atoms with Gasteiger partial charge < -0.3 is 14.2 Å². The van der Waals surface area contributed by atoms with Crippen molar-refractivity contribution in [2.45, 2.75) is 18.7 Å². The highest BCUT2D eigenvalue weighted by atomic mass is 32.2. The summed E-state index contributed by atoms with van der Waals surface area (Å²) >= 11 is 0. The van der Waals surface area contributed by atoms with E-state index >= 15 is 0 Å². The molecule has 1 aliphatic heterocycles. The predicted octanol–water partition coefficient (Wildman–Crippen LogP) is 2.88. The van der Waals surface area contributed by atoms with Gasteiger partial charge in [-0.25, -0.2) is 8.42 Å². The number of ether oxygens (including phenoxy) is 3. The number of hydrogen-bond acceptors (Lipinski definition) is 5. The lowest BCUT2D eigenvalue weighted by Gasteiger charge is -2.19. The van der Waals surface area contributed by atoms with Crippen LogP contribution in [0.4, 0.5) is 5.69 Å². The Bertz CT molecular complexity index is 877. The highest BCUT2D eigenvalue weighted by Crippen LogP contribution is 2.34. The molecule has 0 aromatic heterocycles. The van der Waals surface area contributed by atoms with Crippen molar-refractivity contribution in [3.63, 3.8) is 0 Å². The topological polar surface area (TPSA) is 73.9 Å². The molecule has 0 bridgehead atoms. The van der Waals surface area contributed by atoms with Gasteiger partial charge in [0.15, 0.2) is 11.5 Å². The van der Waals surface area contributed by atoms with Crippen molar-refractivity contribution in [2.75, 3.05) is 25.0 Å². The standard InChI is InChI=1S/C17H19NO5S/c1-11-8-14(16(21-3)9-12(11)2)18-24(19,20)13-4-5-15-17(10-13)23-7-6-22-15/h4-5,8-10,18H,6-7H2,1-3H3. The molecule has 1 aliphatic rings. The molecule has 2 aromatic rings. The summed E-state index contributed by atoms with van der Waals surface area (Å²) in [5.41, 5.74) is 2.39. The van der Waals surface area contributed by atoms with E-state index < -0.39 is 10.0 Å². The van der Waals surface area contributed by atoms with E-state index in [1.165, 1.54) is 19.2 Å². The fraction of sp³-hybridized carbons (Fsp3) is 0.294. The molecule has 6 nitrogen and oxygen atoms in total. The average Bonchev–Trinajstić information content (AvgIpc) is 2.57. The second-order valence-electron chi connectivity index (χ2n) is 5.55. The number of fused-ring (bicyclic) bond motifs is 1. The molecule has 0 spiro atoms. The highest BCUT2D eigenvalue weighted by Gasteiger charge is 2.21. The first-order valence-corrected chi connectivity index (χ1v) is 8.97. The molecule has 3 rings (SSSR count). The van der Waals surface area contributed by atoms with Gasteiger partial charge in [-0.05, 0) is 49.2 Å². The third-order valence-corrected chi connectivity index (χ3v) is 5.25. The summed E-state index contributed by atoms with van der Waals surface area (Å²) in [6.07, 6.45) is 0. The molecular weight excluding hydrogens is 330 g/mol. The van der Waals surface area contributed by atoms with Crippen molar-refractivity contribution in [2.24, 2.45) is 0 Å². The number of sulfonamides is 1. The van der Waals surface area contributed by atoms with Gasteiger partial charge in [-0.15, -0.1) is 0 Å². The molecule has 1 heterocycles. The molecule has 0 atom stereocenters. The van der Waals surface area contributed by atoms with Gasteiger partial charge in [0, 0.05) is 6.07 Å². The van der Waals surface area contributed by atoms with Crippen LogP contribution in [0.15, 0.2) is 35.2 Å². The second kappa shape index (κ2) is 6.24. The Morgan fingerprint density at radius 3 is 2.38 bits per heavy atom. The van der Waals surface area contributed by atoms with Gasteiger partial charge in [-0.2, -0.15) is 0 Å². The molecule has 0 unspecified atom stereocenters. The Balaban J connectivity index is 1.96. The van der Waals surface area contributed by atoms with Gasteiger partial charge in [0.25, 0.3) is 10.0 Å². The Labute approximate surface area is 141 Å². The van der Waals surface area contributed by atoms with Gasteiger partial charge in [0.2, 0.25) is 0 Å². The minimum absolute atomic E-state index is 0.104. The third-order valence-electron chi connectivity index (χ3n) is 3.88. The zero-order chi connectivity index (χ0) is 17.3. The summed E-state index contributed by atoms with van der Waals surface area (Å²) in [4.78, 5) is 0.104. The van der Waals surface area contributed by atoms with E-state index in [-0.39, 0.29) is 4.90 Å². The molecule has 128 valence electrons. The van der Waals surface area contributed by atoms with Gasteiger partial charge >= 0.3 is 0 Å². The molecule has 24 heavy (non-hydrogen) atoms. The normalized spacial score (nSPS) is 13.5. The number of nitrogens with one attached hydrogen (secondary N) is 1. The van der Waals surface area contributed by atoms with E-state index in [9.17, 15) is 8.42 Å². The van der Waals surface area contributed by atoms with Crippen LogP contribution >= 0.6 is 0 Å². The van der Waals surface area contributed by atoms with E-state index in [1.807, 2.05) is 13.8 Å². The fourth-order valence-corrected chi connectivity index (χ4v) is 3.51. The molecule has 7 heteroatoms. The summed E-state index contributed by atoms with van der Waals surface area (Å²) in [6, 6.07) is 8.11. The molecule has 0 fully saturated rings. The van der Waals surface area contributed by atoms with E-state index in [1.54, 1.807) is 18.2 Å². The molecular formula is C17H19NO5S. The van der Waals surface area contributed by atoms with Crippen LogP contribution in [0.2, 0.25) is 0 Å². The smallest absolute Gasteiger partial charge is 0.262 e. The van der Waals surface area contributed by atoms with Crippen molar-refractivity contribution in [3.8, 4) is 17.2 Å². The maximum absolute atomic E-state index is 12.7. The molecule has 0 aliphatic carbocycles. The van der Waals surface area contributed by atoms with Crippen LogP contribution in [0.25, 0.3) is 0 Å². The third kappa shape index (κ3) is 3.12. The largest absolute Gasteiger partial charge is 0.495 e. The molecule has 0 saturated carbocycles. The van der Waals surface area contributed by atoms with Crippen molar-refractivity contribution in [3.05, 3.63) is 41.5 Å². The van der Waals surface area contributed by atoms with Crippen molar-refractivity contribution in [1.29, 1.82) is 0 Å². The quantitative estimate of drug-likeness (QED) is 0.919. The van der Waals surface area contributed by atoms with E-state index in [0.29, 0.717) is 36.1 Å². The Morgan fingerprint density at radius 1 is 1.00 bits per heavy atom. The van der Waals surface area contributed by atoms with Crippen LogP contribution in [0.5, 0.6) is 17.2 Å². The number of aryl methyl sites for hydroxylation is 2. The highest BCUT2D eigenvalue weighted by molar-refractivity contribution is 7.92. The van der Waals surface area contributed by atoms with Gasteiger partial charge in [0.05, 0.1) is 17.7 Å². The zero-order valence-corrected chi connectivity index (χ0v) is 14.6. The van der Waals surface area contributed by atoms with E-state index in [0.717, 1.165) is 11.1 Å². The summed E-state index contributed by atoms with van der Waals surface area (Å²) in [5, 5.41) is 0. The SMILES string of the molecule is COc1cc(C)c(C)cc1NS(=O)(=O)c1ccc2c(c1)OCCO2. The van der Waals surface area contributed by atoms with Crippen molar-refractivity contribution >= 4 is 15.7 Å². The van der Waals surface area contributed by atoms with Crippen LogP contribution < -0.4 is 18.9 Å². The van der Waals surface area contributed by atoms with Crippen LogP contribution in [-0.4, -0.2) is 28.7 Å². The van der Waals surface area contributed by atoms with Crippen LogP contribution in [0.1, 0.15) is 11.1 Å². The molecule has 2 aromatic carbocycles. The average molecular weight is 349 g/mol. The number of rotatable bonds is 4. The number of anilines is 1. The Kier molecular flexibility index (Phi) is 4.28. The van der Waals surface area contributed by atoms with E-state index in [4.69, 9.17) is 14.2 Å². The Morgan fingerprint density at radius 2 is 1.67 bits per heavy atom. The summed E-state index contributed by atoms with van der Waals surface area (Å²) in [6.45, 7) is 4.71. The van der Waals surface area contributed by atoms with Gasteiger partial charge in [-0.3, -0.25) is 4.72 Å². The molecule has 0 radical (unpaired) electrons. The monoisotopic (exact) mass is 349 g/mol. The van der Waals surface area contributed by atoms with Crippen molar-refractivity contribution < 1.29 is 22.6 Å². The van der Waals surface area contributed by atoms with Crippen molar-refractivity contribution in [1.82, 2.24) is 0 Å². The molecule has 0 amide bonds. The summed E-state index contributed by atoms with van der Waals surface area (Å²) < 4.78 is 44.1. The number of methoxy groups -OCH3 is 1. The second-order valence-corrected chi connectivity index (χ2v) is 7.23. The minimum atomic E-state index is -3.77. The zero-order valence-electron chi connectivity index (χ0n) is 13.8. The maximum atomic E-state index is 12.7. The lowest BCUT2D eigenvalue weighted by molar-refractivity contribution is 0.171. The minimum Gasteiger partial charge on any atom is -0.495 e. The Hall–Kier alpha value is -2.41. The molecule has 1 N–H and O–H groups in total. The van der Waals surface area contributed by atoms with Crippen LogP contribution in [-0.2, 0) is 10.0 Å². The van der Waals surface area contributed by atoms with E-state index in [2.05, 4.69) is 4.72 Å². The number of hydrogen-bond donors (Lipinski definition) is 1. The first kappa shape index (κ1) is 16.4. The summed E-state index contributed by atoms with van der Waals surface area (Å²) in [7, 11) is -2.27. The first-order chi connectivity index (χ1) is 11.4. The predicted molar refractivity (Wildman–Crippen MR) is 90.7 cm³/mol. The maximum Gasteiger partial charge on any atom is 0.262 e. The summed E-state index contributed by atoms with van der Waals surface area (Å²) in [5.74, 6) is 1.44. The lowest BCUT2D eigenvalue weighted by Crippen LogP contribution is -2.17. The van der Waals surface area contributed by atoms with Crippen LogP contribution in [0, 0.1) is 13.8 Å².